The Bertz CT molecular complexity index is 59.4. The summed E-state index contributed by atoms with van der Waals surface area (Å²) in [6.45, 7) is 3.99. The van der Waals surface area contributed by atoms with Crippen LogP contribution < -0.4 is 4.90 Å². The molecule has 2 radical (unpaired) electrons. The molecule has 1 heteroatoms. The molecule has 0 atom stereocenters. The molecule has 0 aromatic heterocycles. The number of nitrogens with zero attached hydrogens (tertiary/aromatic N) is 1. The number of hydrogen-bond donors (Lipinski definition) is 0. The lowest BCUT2D eigenvalue weighted by molar-refractivity contribution is 0.245. The quantitative estimate of drug-likeness (QED) is 0.406. The van der Waals surface area contributed by atoms with E-state index >= 15 is 0 Å². The Morgan fingerprint density at radius 2 is 2.00 bits per heavy atom. The van der Waals surface area contributed by atoms with Crippen LogP contribution in [0.1, 0.15) is 12.8 Å². The highest BCUT2D eigenvalue weighted by Crippen LogP contribution is 2.23. The van der Waals surface area contributed by atoms with Gasteiger partial charge in [-0.3, -0.25) is 0 Å². The van der Waals surface area contributed by atoms with Crippen molar-refractivity contribution in [1.82, 2.24) is 4.90 Å². The first-order valence-electron chi connectivity index (χ1n) is 3.51. The summed E-state index contributed by atoms with van der Waals surface area (Å²) in [7, 11) is 0. The maximum absolute atomic E-state index is 2.53. The fourth-order valence-electron chi connectivity index (χ4n) is 1.67. The van der Waals surface area contributed by atoms with Gasteiger partial charge in [-0.05, 0) is 5.92 Å². The minimum atomic E-state index is 0.986. The van der Waals surface area contributed by atoms with Gasteiger partial charge in [-0.2, -0.15) is 4.90 Å². The molecule has 3 aliphatic heterocycles. The summed E-state index contributed by atoms with van der Waals surface area (Å²) < 4.78 is 0. The maximum atomic E-state index is 2.53. The average Bonchev–Trinajstić information content (AvgIpc) is 1.92. The molecule has 3 fully saturated rings. The fraction of sp³-hybridized carbons (Fsp3) is 0.857. The molecule has 0 aliphatic carbocycles. The molecule has 8 heavy (non-hydrogen) atoms. The Morgan fingerprint density at radius 3 is 2.12 bits per heavy atom. The summed E-state index contributed by atoms with van der Waals surface area (Å²) in [5.41, 5.74) is 0. The Kier molecular flexibility index (Phi) is 1.04. The summed E-state index contributed by atoms with van der Waals surface area (Å²) in [5.74, 6) is 0.986. The third-order valence-corrected chi connectivity index (χ3v) is 2.33. The van der Waals surface area contributed by atoms with Gasteiger partial charge >= 0.3 is 0 Å². The van der Waals surface area contributed by atoms with E-state index in [-0.39, 0.29) is 0 Å². The fourth-order valence-corrected chi connectivity index (χ4v) is 1.67. The van der Waals surface area contributed by atoms with Crippen LogP contribution in [0.4, 0.5) is 0 Å². The van der Waals surface area contributed by atoms with E-state index in [1.54, 1.807) is 0 Å². The second kappa shape index (κ2) is 1.73. The van der Waals surface area contributed by atoms with Gasteiger partial charge < -0.3 is 0 Å². The van der Waals surface area contributed by atoms with Gasteiger partial charge in [-0.15, -0.1) is 0 Å². The zero-order valence-corrected chi connectivity index (χ0v) is 5.14. The van der Waals surface area contributed by atoms with E-state index < -0.39 is 0 Å². The first kappa shape index (κ1) is 4.80. The van der Waals surface area contributed by atoms with Crippen LogP contribution >= 0.6 is 0 Å². The summed E-state index contributed by atoms with van der Waals surface area (Å²) >= 11 is 0. The maximum Gasteiger partial charge on any atom is 0.126 e. The van der Waals surface area contributed by atoms with Crippen LogP contribution in [0.15, 0.2) is 0 Å². The van der Waals surface area contributed by atoms with Crippen LogP contribution in [-0.4, -0.2) is 19.6 Å². The van der Waals surface area contributed by atoms with Crippen molar-refractivity contribution >= 4 is 0 Å². The molecule has 3 heterocycles. The van der Waals surface area contributed by atoms with E-state index in [1.165, 1.54) is 32.5 Å². The highest BCUT2D eigenvalue weighted by Gasteiger charge is 2.32. The van der Waals surface area contributed by atoms with Crippen molar-refractivity contribution in [3.05, 3.63) is 6.42 Å². The minimum Gasteiger partial charge on any atom is -0.170 e. The lowest BCUT2D eigenvalue weighted by Crippen LogP contribution is -2.46. The first-order valence-corrected chi connectivity index (χ1v) is 3.51. The van der Waals surface area contributed by atoms with Crippen LogP contribution in [0.2, 0.25) is 0 Å². The van der Waals surface area contributed by atoms with Crippen molar-refractivity contribution in [2.24, 2.45) is 5.92 Å². The predicted molar refractivity (Wildman–Crippen MR) is 33.8 cm³/mol. The van der Waals surface area contributed by atoms with E-state index in [2.05, 4.69) is 11.3 Å². The Labute approximate surface area is 50.7 Å². The van der Waals surface area contributed by atoms with Gasteiger partial charge in [0, 0.05) is 19.3 Å². The molecule has 44 valence electrons. The SMILES string of the molecule is [CH]1C[N+]2CCC1CC2. The van der Waals surface area contributed by atoms with Crippen molar-refractivity contribution in [1.29, 1.82) is 0 Å². The van der Waals surface area contributed by atoms with E-state index in [9.17, 15) is 0 Å². The highest BCUT2D eigenvalue weighted by atomic mass is 15.1. The molecule has 0 N–H and O–H groups in total. The number of fused-ring (bicyclic) bond motifs is 3. The second-order valence-electron chi connectivity index (χ2n) is 2.87. The molecular weight excluding hydrogens is 98.1 g/mol. The molecule has 0 aromatic rings. The van der Waals surface area contributed by atoms with E-state index in [1.807, 2.05) is 0 Å². The standard InChI is InChI=1S/C7H12N/c1-4-8-5-2-7(1)3-6-8/h1,7H,2-6H2/q+1. The minimum absolute atomic E-state index is 0.986. The van der Waals surface area contributed by atoms with Gasteiger partial charge in [0.2, 0.25) is 0 Å². The smallest absolute Gasteiger partial charge is 0.126 e. The van der Waals surface area contributed by atoms with Gasteiger partial charge in [0.1, 0.15) is 19.6 Å². The number of hydrogen-bond acceptors (Lipinski definition) is 1. The van der Waals surface area contributed by atoms with E-state index in [0.29, 0.717) is 0 Å². The van der Waals surface area contributed by atoms with Gasteiger partial charge in [0.15, 0.2) is 0 Å². The topological polar surface area (TPSA) is 5.90 Å². The zero-order valence-electron chi connectivity index (χ0n) is 5.14. The van der Waals surface area contributed by atoms with Gasteiger partial charge in [0.25, 0.3) is 0 Å². The molecule has 0 aromatic carbocycles. The monoisotopic (exact) mass is 110 g/mol. The molecule has 3 aliphatic rings. The van der Waals surface area contributed by atoms with Crippen LogP contribution in [0.5, 0.6) is 0 Å². The van der Waals surface area contributed by atoms with Crippen LogP contribution in [0, 0.1) is 12.3 Å². The molecule has 0 saturated carbocycles. The second-order valence-corrected chi connectivity index (χ2v) is 2.87. The largest absolute Gasteiger partial charge is 0.170 e. The van der Waals surface area contributed by atoms with Crippen molar-refractivity contribution < 1.29 is 0 Å². The first-order chi connectivity index (χ1) is 3.95. The van der Waals surface area contributed by atoms with Gasteiger partial charge in [-0.25, -0.2) is 0 Å². The number of piperidine rings is 3. The van der Waals surface area contributed by atoms with Gasteiger partial charge in [-0.1, -0.05) is 0 Å². The Morgan fingerprint density at radius 1 is 1.25 bits per heavy atom. The third kappa shape index (κ3) is 0.655. The summed E-state index contributed by atoms with van der Waals surface area (Å²) in [6, 6.07) is 0. The summed E-state index contributed by atoms with van der Waals surface area (Å²) in [5, 5.41) is 0. The molecule has 2 bridgehead atoms. The predicted octanol–water partition coefficient (Wildman–Crippen LogP) is 0.754. The van der Waals surface area contributed by atoms with Crippen molar-refractivity contribution in [3.8, 4) is 0 Å². The lowest BCUT2D eigenvalue weighted by Gasteiger charge is -2.30. The van der Waals surface area contributed by atoms with Crippen molar-refractivity contribution in [2.75, 3.05) is 19.6 Å². The summed E-state index contributed by atoms with van der Waals surface area (Å²) in [6.07, 6.45) is 5.33. The molecule has 1 nitrogen and oxygen atoms in total. The molecule has 0 unspecified atom stereocenters. The lowest BCUT2D eigenvalue weighted by atomic mass is 9.89. The van der Waals surface area contributed by atoms with Crippen LogP contribution in [-0.2, 0) is 0 Å². The van der Waals surface area contributed by atoms with E-state index in [0.717, 1.165) is 5.92 Å². The molecule has 0 spiro atoms. The molecule has 0 amide bonds. The van der Waals surface area contributed by atoms with Crippen molar-refractivity contribution in [3.63, 3.8) is 0 Å². The number of rotatable bonds is 0. The molecule has 3 saturated heterocycles. The zero-order chi connectivity index (χ0) is 5.40. The van der Waals surface area contributed by atoms with Crippen LogP contribution in [0.25, 0.3) is 0 Å². The summed E-state index contributed by atoms with van der Waals surface area (Å²) in [4.78, 5) is 2.53. The molecule has 3 rings (SSSR count). The van der Waals surface area contributed by atoms with Crippen molar-refractivity contribution in [2.45, 2.75) is 12.8 Å². The Hall–Kier alpha value is -0.0400. The van der Waals surface area contributed by atoms with E-state index in [4.69, 9.17) is 0 Å². The Balaban J connectivity index is 2.03. The van der Waals surface area contributed by atoms with Crippen LogP contribution in [0.3, 0.4) is 0 Å². The van der Waals surface area contributed by atoms with Gasteiger partial charge in [0.05, 0.1) is 0 Å². The normalized spacial score (nSPS) is 45.0. The molecular formula is C7H12N+. The third-order valence-electron chi connectivity index (χ3n) is 2.33. The highest BCUT2D eigenvalue weighted by molar-refractivity contribution is 4.94. The average molecular weight is 110 g/mol.